The first-order chi connectivity index (χ1) is 22.2. The summed E-state index contributed by atoms with van der Waals surface area (Å²) in [6, 6.07) is 13.4. The Balaban J connectivity index is 1.19. The van der Waals surface area contributed by atoms with Crippen molar-refractivity contribution in [3.05, 3.63) is 105 Å². The fraction of sp³-hybridized carbons (Fsp3) is 0.270. The number of ether oxygens (including phenoxy) is 2. The molecule has 3 aromatic carbocycles. The first kappa shape index (κ1) is 28.1. The molecule has 0 aromatic heterocycles. The molecule has 9 heteroatoms. The average molecular weight is 613 g/mol. The van der Waals surface area contributed by atoms with Crippen molar-refractivity contribution < 1.29 is 34.1 Å². The van der Waals surface area contributed by atoms with Gasteiger partial charge in [-0.1, -0.05) is 54.0 Å². The molecule has 3 N–H and O–H groups in total. The predicted molar refractivity (Wildman–Crippen MR) is 166 cm³/mol. The molecule has 1 amide bonds. The summed E-state index contributed by atoms with van der Waals surface area (Å²) in [6.07, 6.45) is 1.76. The second-order valence-corrected chi connectivity index (χ2v) is 12.3. The van der Waals surface area contributed by atoms with Crippen LogP contribution in [0.4, 0.5) is 10.5 Å². The minimum absolute atomic E-state index is 0.0261. The number of phenols is 1. The summed E-state index contributed by atoms with van der Waals surface area (Å²) < 4.78 is 12.0. The van der Waals surface area contributed by atoms with E-state index in [1.54, 1.807) is 31.2 Å². The number of nitrogens with one attached hydrogen (secondary N) is 1. The average Bonchev–Trinajstić information content (AvgIpc) is 3.63. The number of aliphatic hydroxyl groups excluding tert-OH is 1. The van der Waals surface area contributed by atoms with Gasteiger partial charge in [-0.25, -0.2) is 4.79 Å². The number of nitrogens with zero attached hydrogens (tertiary/aromatic N) is 1. The first-order valence-electron chi connectivity index (χ1n) is 15.1. The summed E-state index contributed by atoms with van der Waals surface area (Å²) in [5.41, 5.74) is 0.946. The van der Waals surface area contributed by atoms with E-state index in [1.807, 2.05) is 37.3 Å². The summed E-state index contributed by atoms with van der Waals surface area (Å²) in [5.74, 6) is 10.4. The van der Waals surface area contributed by atoms with Crippen LogP contribution < -0.4 is 5.32 Å². The lowest BCUT2D eigenvalue weighted by Crippen LogP contribution is -2.53. The van der Waals surface area contributed by atoms with Gasteiger partial charge in [-0.05, 0) is 60.9 Å². The Hall–Kier alpha value is -5.35. The molecule has 0 saturated carbocycles. The molecule has 228 valence electrons. The number of carbonyl (C=O) groups excluding carboxylic acids is 3. The summed E-state index contributed by atoms with van der Waals surface area (Å²) in [5, 5.41) is 25.8. The maximum atomic E-state index is 14.4. The Morgan fingerprint density at radius 3 is 2.37 bits per heavy atom. The van der Waals surface area contributed by atoms with Crippen LogP contribution in [0.25, 0.3) is 0 Å². The lowest BCUT2D eigenvalue weighted by atomic mass is 9.67. The van der Waals surface area contributed by atoms with Crippen LogP contribution in [-0.2, 0) is 34.8 Å². The zero-order chi connectivity index (χ0) is 32.0. The smallest absolute Gasteiger partial charge is 0.410 e. The SMILES string of the molecule is C[C@@H]1C#C/C=C\C#C[C@@H]2Nc3c(cc(O)c4c3C(=O)c3cc5c(cc3C4=O)CN(C(=O)OCc3ccccc3)C5)[C@]13O[C@@]23[C@@H](C)O. The number of hydrogen-bond donors (Lipinski definition) is 3. The molecule has 46 heavy (non-hydrogen) atoms. The van der Waals surface area contributed by atoms with Crippen molar-refractivity contribution in [1.82, 2.24) is 4.90 Å². The molecule has 0 spiro atoms. The van der Waals surface area contributed by atoms with Gasteiger partial charge in [0.2, 0.25) is 0 Å². The quantitative estimate of drug-likeness (QED) is 0.179. The number of aliphatic hydroxyl groups is 1. The van der Waals surface area contributed by atoms with E-state index in [-0.39, 0.29) is 47.7 Å². The van der Waals surface area contributed by atoms with Gasteiger partial charge in [-0.15, -0.1) is 0 Å². The zero-order valence-corrected chi connectivity index (χ0v) is 25.0. The Morgan fingerprint density at radius 1 is 1.04 bits per heavy atom. The van der Waals surface area contributed by atoms with Crippen molar-refractivity contribution in [2.24, 2.45) is 5.92 Å². The van der Waals surface area contributed by atoms with Crippen LogP contribution in [0.15, 0.2) is 60.7 Å². The number of ketones is 2. The van der Waals surface area contributed by atoms with Crippen molar-refractivity contribution in [2.45, 2.75) is 56.9 Å². The fourth-order valence-corrected chi connectivity index (χ4v) is 7.57. The van der Waals surface area contributed by atoms with E-state index in [0.29, 0.717) is 11.3 Å². The number of fused-ring (bicyclic) bond motifs is 5. The maximum Gasteiger partial charge on any atom is 0.410 e. The molecule has 8 rings (SSSR count). The lowest BCUT2D eigenvalue weighted by molar-refractivity contribution is 0.0868. The van der Waals surface area contributed by atoms with E-state index in [0.717, 1.165) is 16.7 Å². The molecular weight excluding hydrogens is 584 g/mol. The van der Waals surface area contributed by atoms with Crippen LogP contribution in [0, 0.1) is 29.6 Å². The molecule has 1 fully saturated rings. The summed E-state index contributed by atoms with van der Waals surface area (Å²) in [4.78, 5) is 42.9. The minimum Gasteiger partial charge on any atom is -0.507 e. The van der Waals surface area contributed by atoms with Gasteiger partial charge in [0.25, 0.3) is 0 Å². The molecule has 1 saturated heterocycles. The highest BCUT2D eigenvalue weighted by molar-refractivity contribution is 6.31. The summed E-state index contributed by atoms with van der Waals surface area (Å²) in [7, 11) is 0. The molecule has 5 aliphatic rings. The lowest BCUT2D eigenvalue weighted by Gasteiger charge is -2.38. The molecular formula is C37H28N2O7. The van der Waals surface area contributed by atoms with Gasteiger partial charge < -0.3 is 25.0 Å². The minimum atomic E-state index is -1.20. The van der Waals surface area contributed by atoms with E-state index >= 15 is 0 Å². The molecule has 0 radical (unpaired) electrons. The van der Waals surface area contributed by atoms with Gasteiger partial charge in [0.15, 0.2) is 17.2 Å². The molecule has 0 unspecified atom stereocenters. The van der Waals surface area contributed by atoms with E-state index < -0.39 is 46.9 Å². The number of hydrogen-bond acceptors (Lipinski definition) is 8. The van der Waals surface area contributed by atoms with Crippen molar-refractivity contribution in [3.8, 4) is 29.4 Å². The normalized spacial score (nSPS) is 27.1. The topological polar surface area (TPSA) is 129 Å². The van der Waals surface area contributed by atoms with Crippen LogP contribution in [0.2, 0.25) is 0 Å². The Labute approximate surface area is 264 Å². The third kappa shape index (κ3) is 3.70. The number of aromatic hydroxyl groups is 1. The van der Waals surface area contributed by atoms with E-state index in [9.17, 15) is 24.6 Å². The van der Waals surface area contributed by atoms with Crippen LogP contribution in [0.1, 0.15) is 67.9 Å². The van der Waals surface area contributed by atoms with Crippen LogP contribution in [0.3, 0.4) is 0 Å². The standard InChI is InChI=1S/C37H28N2O7/c1-20-10-6-3-4-9-13-29-37(21(2)40)36(20,46-37)27-16-28(41)30-31(32(27)38-29)34(43)26-15-24-18-39(17-23(24)14-25(26)33(30)42)35(44)45-19-22-11-7-5-8-12-22/h3-5,7-8,11-12,14-16,20-21,29,38,40-41H,17-19H2,1-2H3/b4-3-/t20-,21-,29+,36-,37+/m1/s1. The van der Waals surface area contributed by atoms with E-state index in [4.69, 9.17) is 9.47 Å². The highest BCUT2D eigenvalue weighted by atomic mass is 16.6. The van der Waals surface area contributed by atoms with Crippen LogP contribution >= 0.6 is 0 Å². The number of benzene rings is 3. The Bertz CT molecular complexity index is 2060. The largest absolute Gasteiger partial charge is 0.507 e. The number of amides is 1. The van der Waals surface area contributed by atoms with Gasteiger partial charge >= 0.3 is 6.09 Å². The Morgan fingerprint density at radius 2 is 1.70 bits per heavy atom. The Kier molecular flexibility index (Phi) is 6.01. The summed E-state index contributed by atoms with van der Waals surface area (Å²) in [6.45, 7) is 4.05. The fourth-order valence-electron chi connectivity index (χ4n) is 7.57. The molecule has 3 heterocycles. The molecule has 2 bridgehead atoms. The van der Waals surface area contributed by atoms with Gasteiger partial charge in [0.05, 0.1) is 28.8 Å². The van der Waals surface area contributed by atoms with Crippen LogP contribution in [-0.4, -0.2) is 50.5 Å². The summed E-state index contributed by atoms with van der Waals surface area (Å²) >= 11 is 0. The number of anilines is 1. The molecule has 3 aromatic rings. The molecule has 3 aliphatic heterocycles. The second kappa shape index (κ2) is 9.82. The number of carbonyl (C=O) groups is 3. The highest BCUT2D eigenvalue weighted by Crippen LogP contribution is 2.68. The zero-order valence-electron chi connectivity index (χ0n) is 25.0. The van der Waals surface area contributed by atoms with Gasteiger partial charge in [-0.3, -0.25) is 14.5 Å². The number of phenolic OH excluding ortho intramolecular Hbond substituents is 1. The highest BCUT2D eigenvalue weighted by Gasteiger charge is 2.81. The van der Waals surface area contributed by atoms with Gasteiger partial charge in [0, 0.05) is 29.8 Å². The van der Waals surface area contributed by atoms with E-state index in [1.165, 1.54) is 11.0 Å². The van der Waals surface area contributed by atoms with Gasteiger partial charge in [0.1, 0.15) is 24.0 Å². The van der Waals surface area contributed by atoms with Gasteiger partial charge in [-0.2, -0.15) is 0 Å². The molecule has 9 nitrogen and oxygen atoms in total. The van der Waals surface area contributed by atoms with Crippen LogP contribution in [0.5, 0.6) is 5.75 Å². The monoisotopic (exact) mass is 612 g/mol. The van der Waals surface area contributed by atoms with Crippen molar-refractivity contribution in [1.29, 1.82) is 0 Å². The van der Waals surface area contributed by atoms with Crippen molar-refractivity contribution in [3.63, 3.8) is 0 Å². The molecule has 2 aliphatic carbocycles. The van der Waals surface area contributed by atoms with Crippen molar-refractivity contribution in [2.75, 3.05) is 5.32 Å². The maximum absolute atomic E-state index is 14.4. The second-order valence-electron chi connectivity index (χ2n) is 12.3. The third-order valence-corrected chi connectivity index (χ3v) is 9.77. The first-order valence-corrected chi connectivity index (χ1v) is 15.1. The number of allylic oxidation sites excluding steroid dienone is 2. The predicted octanol–water partition coefficient (Wildman–Crippen LogP) is 4.17. The van der Waals surface area contributed by atoms with Crippen molar-refractivity contribution >= 4 is 23.3 Å². The number of rotatable bonds is 3. The molecule has 5 atom stereocenters. The third-order valence-electron chi connectivity index (χ3n) is 9.77. The van der Waals surface area contributed by atoms with E-state index in [2.05, 4.69) is 29.0 Å². The number of epoxide rings is 1.